The van der Waals surface area contributed by atoms with Crippen molar-refractivity contribution in [1.29, 1.82) is 0 Å². The zero-order valence-corrected chi connectivity index (χ0v) is 18.4. The minimum Gasteiger partial charge on any atom is -0.323 e. The number of anilines is 1. The Bertz CT molecular complexity index is 1160. The van der Waals surface area contributed by atoms with Gasteiger partial charge in [-0.3, -0.25) is 14.5 Å². The van der Waals surface area contributed by atoms with Gasteiger partial charge in [0.1, 0.15) is 11.1 Å². The van der Waals surface area contributed by atoms with Gasteiger partial charge in [0, 0.05) is 11.4 Å². The molecule has 32 heavy (non-hydrogen) atoms. The minimum atomic E-state index is -0.731. The third-order valence-corrected chi connectivity index (χ3v) is 6.24. The van der Waals surface area contributed by atoms with Crippen LogP contribution < -0.4 is 5.32 Å². The zero-order chi connectivity index (χ0) is 22.5. The van der Waals surface area contributed by atoms with E-state index < -0.39 is 17.0 Å². The van der Waals surface area contributed by atoms with Crippen molar-refractivity contribution in [2.75, 3.05) is 5.32 Å². The molecule has 2 amide bonds. The lowest BCUT2D eigenvalue weighted by atomic mass is 10.2. The van der Waals surface area contributed by atoms with Crippen LogP contribution in [0.3, 0.4) is 0 Å². The van der Waals surface area contributed by atoms with Gasteiger partial charge in [-0.25, -0.2) is 9.38 Å². The fourth-order valence-electron chi connectivity index (χ4n) is 3.16. The summed E-state index contributed by atoms with van der Waals surface area (Å²) in [7, 11) is 0. The van der Waals surface area contributed by atoms with E-state index in [0.717, 1.165) is 5.56 Å². The molecule has 3 aromatic carbocycles. The average molecular weight is 468 g/mol. The number of nitrogens with one attached hydrogen (secondary N) is 1. The number of carbonyl (C=O) groups excluding carboxylic acids is 2. The van der Waals surface area contributed by atoms with Crippen LogP contribution in [-0.4, -0.2) is 27.1 Å². The van der Waals surface area contributed by atoms with Crippen molar-refractivity contribution in [3.05, 3.63) is 95.3 Å². The van der Waals surface area contributed by atoms with Crippen LogP contribution in [0.2, 0.25) is 5.02 Å². The number of carbonyl (C=O) groups is 2. The molecule has 162 valence electrons. The maximum atomic E-state index is 14.0. The number of halogens is 2. The summed E-state index contributed by atoms with van der Waals surface area (Å²) in [6.07, 6.45) is -0.0215. The van der Waals surface area contributed by atoms with Crippen molar-refractivity contribution in [1.82, 2.24) is 4.90 Å². The molecule has 4 rings (SSSR count). The number of rotatable bonds is 5. The van der Waals surface area contributed by atoms with Gasteiger partial charge >= 0.3 is 0 Å². The number of amidine groups is 1. The predicted octanol–water partition coefficient (Wildman–Crippen LogP) is 5.64. The van der Waals surface area contributed by atoms with Crippen LogP contribution in [0.15, 0.2) is 83.9 Å². The van der Waals surface area contributed by atoms with E-state index in [9.17, 15) is 14.0 Å². The van der Waals surface area contributed by atoms with E-state index in [1.165, 1.54) is 23.9 Å². The SMILES string of the molecule is O=C(Nc1ccccc1F)C1CC(=O)N(Cc2ccc(Cl)cc2)C(=Nc2ccccc2)S1. The van der Waals surface area contributed by atoms with Crippen molar-refractivity contribution < 1.29 is 14.0 Å². The second-order valence-corrected chi connectivity index (χ2v) is 8.72. The molecule has 0 bridgehead atoms. The Kier molecular flexibility index (Phi) is 6.87. The van der Waals surface area contributed by atoms with Crippen molar-refractivity contribution in [3.63, 3.8) is 0 Å². The monoisotopic (exact) mass is 467 g/mol. The lowest BCUT2D eigenvalue weighted by Crippen LogP contribution is -2.44. The smallest absolute Gasteiger partial charge is 0.238 e. The Morgan fingerprint density at radius 3 is 2.47 bits per heavy atom. The molecule has 0 spiro atoms. The third kappa shape index (κ3) is 5.36. The maximum absolute atomic E-state index is 14.0. The number of amides is 2. The topological polar surface area (TPSA) is 61.8 Å². The lowest BCUT2D eigenvalue weighted by molar-refractivity contribution is -0.129. The Morgan fingerprint density at radius 1 is 1.06 bits per heavy atom. The first kappa shape index (κ1) is 22.0. The highest BCUT2D eigenvalue weighted by Gasteiger charge is 2.36. The number of aliphatic imine (C=N–C) groups is 1. The van der Waals surface area contributed by atoms with E-state index in [0.29, 0.717) is 22.4 Å². The van der Waals surface area contributed by atoms with Gasteiger partial charge in [-0.15, -0.1) is 0 Å². The molecule has 1 saturated heterocycles. The molecule has 3 aromatic rings. The summed E-state index contributed by atoms with van der Waals surface area (Å²) in [4.78, 5) is 32.1. The summed E-state index contributed by atoms with van der Waals surface area (Å²) >= 11 is 7.16. The van der Waals surface area contributed by atoms with E-state index in [-0.39, 0.29) is 18.0 Å². The summed E-state index contributed by atoms with van der Waals surface area (Å²) < 4.78 is 14.0. The largest absolute Gasteiger partial charge is 0.323 e. The molecular weight excluding hydrogens is 449 g/mol. The lowest BCUT2D eigenvalue weighted by Gasteiger charge is -2.32. The van der Waals surface area contributed by atoms with Gasteiger partial charge in [0.25, 0.3) is 0 Å². The van der Waals surface area contributed by atoms with E-state index in [4.69, 9.17) is 11.6 Å². The molecule has 5 nitrogen and oxygen atoms in total. The van der Waals surface area contributed by atoms with E-state index >= 15 is 0 Å². The standard InChI is InChI=1S/C24H19ClFN3O2S/c25-17-12-10-16(11-13-17)15-29-22(30)14-21(23(31)28-20-9-5-4-8-19(20)26)32-24(29)27-18-6-2-1-3-7-18/h1-13,21H,14-15H2,(H,28,31). The maximum Gasteiger partial charge on any atom is 0.238 e. The van der Waals surface area contributed by atoms with Crippen LogP contribution >= 0.6 is 23.4 Å². The molecule has 8 heteroatoms. The summed E-state index contributed by atoms with van der Waals surface area (Å²) in [6.45, 7) is 0.302. The van der Waals surface area contributed by atoms with Crippen LogP contribution in [-0.2, 0) is 16.1 Å². The Morgan fingerprint density at radius 2 is 1.75 bits per heavy atom. The predicted molar refractivity (Wildman–Crippen MR) is 127 cm³/mol. The quantitative estimate of drug-likeness (QED) is 0.528. The van der Waals surface area contributed by atoms with Crippen molar-refractivity contribution in [2.45, 2.75) is 18.2 Å². The Balaban J connectivity index is 1.59. The van der Waals surface area contributed by atoms with Gasteiger partial charge < -0.3 is 5.32 Å². The highest BCUT2D eigenvalue weighted by atomic mass is 35.5. The van der Waals surface area contributed by atoms with Gasteiger partial charge in [-0.05, 0) is 42.0 Å². The molecule has 1 fully saturated rings. The molecule has 0 saturated carbocycles. The molecular formula is C24H19ClFN3O2S. The fraction of sp³-hybridized carbons (Fsp3) is 0.125. The van der Waals surface area contributed by atoms with Crippen LogP contribution in [0.1, 0.15) is 12.0 Å². The number of para-hydroxylation sites is 2. The number of hydrogen-bond donors (Lipinski definition) is 1. The van der Waals surface area contributed by atoms with Crippen LogP contribution in [0.25, 0.3) is 0 Å². The van der Waals surface area contributed by atoms with Gasteiger partial charge in [0.15, 0.2) is 5.17 Å². The number of thioether (sulfide) groups is 1. The molecule has 0 aromatic heterocycles. The molecule has 1 aliphatic rings. The first-order valence-corrected chi connectivity index (χ1v) is 11.2. The van der Waals surface area contributed by atoms with Crippen LogP contribution in [0, 0.1) is 5.82 Å². The van der Waals surface area contributed by atoms with Gasteiger partial charge in [0.05, 0.1) is 17.9 Å². The average Bonchev–Trinajstić information content (AvgIpc) is 2.79. The first-order valence-electron chi connectivity index (χ1n) is 9.90. The molecule has 1 N–H and O–H groups in total. The van der Waals surface area contributed by atoms with E-state index in [1.807, 2.05) is 42.5 Å². The van der Waals surface area contributed by atoms with Gasteiger partial charge in [0.2, 0.25) is 11.8 Å². The normalized spacial score (nSPS) is 17.4. The van der Waals surface area contributed by atoms with Crippen molar-refractivity contribution >= 4 is 51.7 Å². The van der Waals surface area contributed by atoms with E-state index in [1.54, 1.807) is 29.2 Å². The van der Waals surface area contributed by atoms with Crippen LogP contribution in [0.4, 0.5) is 15.8 Å². The summed E-state index contributed by atoms with van der Waals surface area (Å²) in [5.41, 5.74) is 1.63. The molecule has 1 heterocycles. The van der Waals surface area contributed by atoms with Crippen molar-refractivity contribution in [2.24, 2.45) is 4.99 Å². The Hall–Kier alpha value is -3.16. The fourth-order valence-corrected chi connectivity index (χ4v) is 4.38. The minimum absolute atomic E-state index is 0.0215. The molecule has 0 aliphatic carbocycles. The number of benzene rings is 3. The highest BCUT2D eigenvalue weighted by molar-refractivity contribution is 8.15. The van der Waals surface area contributed by atoms with Gasteiger partial charge in [-0.2, -0.15) is 0 Å². The first-order chi connectivity index (χ1) is 15.5. The molecule has 1 unspecified atom stereocenters. The summed E-state index contributed by atoms with van der Waals surface area (Å²) in [5, 5.41) is 2.87. The number of hydrogen-bond acceptors (Lipinski definition) is 4. The zero-order valence-electron chi connectivity index (χ0n) is 16.9. The van der Waals surface area contributed by atoms with Crippen molar-refractivity contribution in [3.8, 4) is 0 Å². The second-order valence-electron chi connectivity index (χ2n) is 7.12. The third-order valence-electron chi connectivity index (χ3n) is 4.80. The highest BCUT2D eigenvalue weighted by Crippen LogP contribution is 2.31. The van der Waals surface area contributed by atoms with E-state index in [2.05, 4.69) is 10.3 Å². The number of nitrogens with zero attached hydrogens (tertiary/aromatic N) is 2. The Labute approximate surface area is 194 Å². The van der Waals surface area contributed by atoms with Crippen LogP contribution in [0.5, 0.6) is 0 Å². The molecule has 1 aliphatic heterocycles. The molecule has 1 atom stereocenters. The molecule has 0 radical (unpaired) electrons. The summed E-state index contributed by atoms with van der Waals surface area (Å²) in [5.74, 6) is -1.21. The summed E-state index contributed by atoms with van der Waals surface area (Å²) in [6, 6.07) is 22.3. The second kappa shape index (κ2) is 9.97. The van der Waals surface area contributed by atoms with Gasteiger partial charge in [-0.1, -0.05) is 65.8 Å².